The first-order chi connectivity index (χ1) is 10.1. The summed E-state index contributed by atoms with van der Waals surface area (Å²) in [7, 11) is 0. The highest BCUT2D eigenvalue weighted by Gasteiger charge is 2.07. The maximum Gasteiger partial charge on any atom is 0.224 e. The third-order valence-corrected chi connectivity index (χ3v) is 3.48. The van der Waals surface area contributed by atoms with E-state index in [1.165, 1.54) is 5.56 Å². The second-order valence-electron chi connectivity index (χ2n) is 5.48. The Morgan fingerprint density at radius 3 is 2.38 bits per heavy atom. The molecule has 3 nitrogen and oxygen atoms in total. The van der Waals surface area contributed by atoms with Gasteiger partial charge >= 0.3 is 0 Å². The van der Waals surface area contributed by atoms with Crippen LogP contribution in [0.25, 0.3) is 0 Å². The predicted molar refractivity (Wildman–Crippen MR) is 84.2 cm³/mol. The zero-order chi connectivity index (χ0) is 15.2. The molecule has 0 radical (unpaired) electrons. The van der Waals surface area contributed by atoms with Crippen molar-refractivity contribution in [1.29, 1.82) is 0 Å². The molecular formula is C18H21NO2. The highest BCUT2D eigenvalue weighted by Crippen LogP contribution is 2.16. The summed E-state index contributed by atoms with van der Waals surface area (Å²) in [6.07, 6.45) is 0.191. The van der Waals surface area contributed by atoms with Crippen molar-refractivity contribution in [2.45, 2.75) is 32.7 Å². The van der Waals surface area contributed by atoms with Crippen molar-refractivity contribution < 1.29 is 9.90 Å². The van der Waals surface area contributed by atoms with Gasteiger partial charge in [0, 0.05) is 12.1 Å². The molecule has 0 aliphatic carbocycles. The Labute approximate surface area is 125 Å². The lowest BCUT2D eigenvalue weighted by molar-refractivity contribution is -0.120. The highest BCUT2D eigenvalue weighted by molar-refractivity contribution is 5.79. The molecule has 21 heavy (non-hydrogen) atoms. The summed E-state index contributed by atoms with van der Waals surface area (Å²) in [5.41, 5.74) is 3.01. The molecule has 0 aliphatic heterocycles. The number of aromatic hydroxyl groups is 1. The minimum atomic E-state index is -0.0931. The van der Waals surface area contributed by atoms with Gasteiger partial charge in [-0.25, -0.2) is 0 Å². The van der Waals surface area contributed by atoms with Gasteiger partial charge in [-0.05, 0) is 23.1 Å². The summed E-state index contributed by atoms with van der Waals surface area (Å²) in [5.74, 6) is 0.577. The van der Waals surface area contributed by atoms with Gasteiger partial charge in [0.1, 0.15) is 5.75 Å². The van der Waals surface area contributed by atoms with E-state index in [0.717, 1.165) is 5.56 Å². The van der Waals surface area contributed by atoms with Gasteiger partial charge < -0.3 is 10.4 Å². The van der Waals surface area contributed by atoms with E-state index >= 15 is 0 Å². The number of hydrogen-bond acceptors (Lipinski definition) is 2. The van der Waals surface area contributed by atoms with E-state index in [-0.39, 0.29) is 18.1 Å². The normalized spacial score (nSPS) is 10.6. The number of nitrogens with one attached hydrogen (secondary N) is 1. The summed E-state index contributed by atoms with van der Waals surface area (Å²) < 4.78 is 0. The molecule has 2 N–H and O–H groups in total. The number of phenols is 1. The summed E-state index contributed by atoms with van der Waals surface area (Å²) in [6.45, 7) is 4.82. The molecule has 0 saturated heterocycles. The van der Waals surface area contributed by atoms with Crippen LogP contribution in [0.2, 0.25) is 0 Å². The SMILES string of the molecule is CC(C)c1ccc(CNC(=O)Cc2ccccc2O)cc1. The van der Waals surface area contributed by atoms with Gasteiger partial charge in [-0.1, -0.05) is 56.3 Å². The maximum atomic E-state index is 11.9. The lowest BCUT2D eigenvalue weighted by atomic mass is 10.0. The van der Waals surface area contributed by atoms with E-state index in [4.69, 9.17) is 0 Å². The molecule has 0 atom stereocenters. The highest BCUT2D eigenvalue weighted by atomic mass is 16.3. The number of benzene rings is 2. The smallest absolute Gasteiger partial charge is 0.224 e. The summed E-state index contributed by atoms with van der Waals surface area (Å²) in [6, 6.07) is 15.2. The quantitative estimate of drug-likeness (QED) is 0.884. The van der Waals surface area contributed by atoms with Crippen LogP contribution < -0.4 is 5.32 Å². The van der Waals surface area contributed by atoms with Gasteiger partial charge in [0.15, 0.2) is 0 Å². The minimum Gasteiger partial charge on any atom is -0.508 e. The van der Waals surface area contributed by atoms with Crippen LogP contribution in [0.4, 0.5) is 0 Å². The zero-order valence-corrected chi connectivity index (χ0v) is 12.5. The first-order valence-corrected chi connectivity index (χ1v) is 7.18. The Kier molecular flexibility index (Phi) is 4.99. The predicted octanol–water partition coefficient (Wildman–Crippen LogP) is 3.37. The molecule has 0 saturated carbocycles. The number of phenolic OH excluding ortho intramolecular Hbond substituents is 1. The number of rotatable bonds is 5. The van der Waals surface area contributed by atoms with Crippen LogP contribution in [0.5, 0.6) is 5.75 Å². The number of hydrogen-bond donors (Lipinski definition) is 2. The molecule has 0 aromatic heterocycles. The molecule has 110 valence electrons. The molecule has 2 aromatic carbocycles. The lowest BCUT2D eigenvalue weighted by Gasteiger charge is -2.09. The Morgan fingerprint density at radius 2 is 1.76 bits per heavy atom. The van der Waals surface area contributed by atoms with Gasteiger partial charge in [-0.2, -0.15) is 0 Å². The van der Waals surface area contributed by atoms with Crippen molar-refractivity contribution in [2.24, 2.45) is 0 Å². The van der Waals surface area contributed by atoms with Crippen LogP contribution in [0, 0.1) is 0 Å². The molecule has 1 amide bonds. The summed E-state index contributed by atoms with van der Waals surface area (Å²) in [4.78, 5) is 11.9. The molecule has 3 heteroatoms. The van der Waals surface area contributed by atoms with Crippen LogP contribution in [0.1, 0.15) is 36.5 Å². The van der Waals surface area contributed by atoms with E-state index in [1.54, 1.807) is 18.2 Å². The van der Waals surface area contributed by atoms with E-state index < -0.39 is 0 Å². The van der Waals surface area contributed by atoms with Gasteiger partial charge in [0.05, 0.1) is 6.42 Å². The van der Waals surface area contributed by atoms with Crippen LogP contribution in [0.15, 0.2) is 48.5 Å². The van der Waals surface area contributed by atoms with E-state index in [1.807, 2.05) is 18.2 Å². The fraction of sp³-hybridized carbons (Fsp3) is 0.278. The average Bonchev–Trinajstić information content (AvgIpc) is 2.48. The second-order valence-corrected chi connectivity index (χ2v) is 5.48. The van der Waals surface area contributed by atoms with Gasteiger partial charge in [0.25, 0.3) is 0 Å². The Bertz CT molecular complexity index is 603. The molecule has 2 aromatic rings. The molecule has 0 heterocycles. The van der Waals surface area contributed by atoms with Crippen molar-refractivity contribution in [2.75, 3.05) is 0 Å². The van der Waals surface area contributed by atoms with Gasteiger partial charge in [-0.15, -0.1) is 0 Å². The third-order valence-electron chi connectivity index (χ3n) is 3.48. The van der Waals surface area contributed by atoms with Gasteiger partial charge in [-0.3, -0.25) is 4.79 Å². The van der Waals surface area contributed by atoms with E-state index in [0.29, 0.717) is 18.0 Å². The molecule has 0 aliphatic rings. The molecule has 0 bridgehead atoms. The topological polar surface area (TPSA) is 49.3 Å². The molecule has 0 unspecified atom stereocenters. The van der Waals surface area contributed by atoms with Crippen LogP contribution >= 0.6 is 0 Å². The largest absolute Gasteiger partial charge is 0.508 e. The van der Waals surface area contributed by atoms with Crippen molar-refractivity contribution in [3.63, 3.8) is 0 Å². The Hall–Kier alpha value is -2.29. The maximum absolute atomic E-state index is 11.9. The standard InChI is InChI=1S/C18H21NO2/c1-13(2)15-9-7-14(8-10-15)12-19-18(21)11-16-5-3-4-6-17(16)20/h3-10,13,20H,11-12H2,1-2H3,(H,19,21). The van der Waals surface area contributed by atoms with Crippen LogP contribution in [-0.4, -0.2) is 11.0 Å². The molecule has 2 rings (SSSR count). The molecule has 0 spiro atoms. The van der Waals surface area contributed by atoms with E-state index in [9.17, 15) is 9.90 Å². The summed E-state index contributed by atoms with van der Waals surface area (Å²) >= 11 is 0. The number of carbonyl (C=O) groups excluding carboxylic acids is 1. The average molecular weight is 283 g/mol. The Morgan fingerprint density at radius 1 is 1.10 bits per heavy atom. The first-order valence-electron chi connectivity index (χ1n) is 7.18. The molecule has 0 fully saturated rings. The third kappa shape index (κ3) is 4.35. The van der Waals surface area contributed by atoms with Crippen molar-refractivity contribution in [3.05, 3.63) is 65.2 Å². The fourth-order valence-corrected chi connectivity index (χ4v) is 2.12. The van der Waals surface area contributed by atoms with E-state index in [2.05, 4.69) is 31.3 Å². The minimum absolute atomic E-state index is 0.0931. The first kappa shape index (κ1) is 15.1. The van der Waals surface area contributed by atoms with Crippen molar-refractivity contribution in [3.8, 4) is 5.75 Å². The lowest BCUT2D eigenvalue weighted by Crippen LogP contribution is -2.24. The van der Waals surface area contributed by atoms with Crippen LogP contribution in [-0.2, 0) is 17.8 Å². The van der Waals surface area contributed by atoms with Crippen molar-refractivity contribution >= 4 is 5.91 Å². The monoisotopic (exact) mass is 283 g/mol. The van der Waals surface area contributed by atoms with Crippen LogP contribution in [0.3, 0.4) is 0 Å². The fourth-order valence-electron chi connectivity index (χ4n) is 2.12. The second kappa shape index (κ2) is 6.93. The number of amides is 1. The summed E-state index contributed by atoms with van der Waals surface area (Å²) in [5, 5.41) is 12.5. The van der Waals surface area contributed by atoms with Crippen molar-refractivity contribution in [1.82, 2.24) is 5.32 Å². The Balaban J connectivity index is 1.88. The van der Waals surface area contributed by atoms with Gasteiger partial charge in [0.2, 0.25) is 5.91 Å². The number of carbonyl (C=O) groups is 1. The number of para-hydroxylation sites is 1. The zero-order valence-electron chi connectivity index (χ0n) is 12.5. The molecular weight excluding hydrogens is 262 g/mol.